The van der Waals surface area contributed by atoms with E-state index in [1.54, 1.807) is 26.0 Å². The molecule has 1 aliphatic rings. The average Bonchev–Trinajstić information content (AvgIpc) is 2.59. The molecule has 1 aromatic rings. The van der Waals surface area contributed by atoms with Crippen LogP contribution < -0.4 is 15.8 Å². The molecule has 1 aliphatic heterocycles. The zero-order valence-corrected chi connectivity index (χ0v) is 17.4. The Morgan fingerprint density at radius 2 is 1.74 bits per heavy atom. The molecule has 0 aromatic heterocycles. The molecule has 27 heavy (non-hydrogen) atoms. The van der Waals surface area contributed by atoms with Crippen LogP contribution >= 0.6 is 12.4 Å². The van der Waals surface area contributed by atoms with Gasteiger partial charge < -0.3 is 15.8 Å². The normalized spacial score (nSPS) is 16.6. The van der Waals surface area contributed by atoms with E-state index < -0.39 is 16.1 Å². The van der Waals surface area contributed by atoms with Crippen molar-refractivity contribution in [3.8, 4) is 0 Å². The van der Waals surface area contributed by atoms with Crippen LogP contribution in [0.1, 0.15) is 37.8 Å². The summed E-state index contributed by atoms with van der Waals surface area (Å²) < 4.78 is 31.7. The maximum atomic E-state index is 12.2. The highest BCUT2D eigenvalue weighted by molar-refractivity contribution is 7.88. The summed E-state index contributed by atoms with van der Waals surface area (Å²) in [5.74, 6) is -0.0682. The van der Waals surface area contributed by atoms with Gasteiger partial charge in [0, 0.05) is 25.8 Å². The van der Waals surface area contributed by atoms with Crippen LogP contribution in [-0.2, 0) is 31.9 Å². The topological polar surface area (TPSA) is 111 Å². The highest BCUT2D eigenvalue weighted by Gasteiger charge is 2.26. The molecule has 2 rings (SSSR count). The van der Waals surface area contributed by atoms with Crippen LogP contribution in [0.3, 0.4) is 0 Å². The zero-order chi connectivity index (χ0) is 19.2. The Bertz CT molecular complexity index is 689. The van der Waals surface area contributed by atoms with E-state index in [2.05, 4.69) is 10.0 Å². The highest BCUT2D eigenvalue weighted by Crippen LogP contribution is 2.17. The average molecular weight is 420 g/mol. The molecule has 1 amide bonds. The van der Waals surface area contributed by atoms with Crippen molar-refractivity contribution in [1.82, 2.24) is 10.0 Å². The Morgan fingerprint density at radius 3 is 2.30 bits per heavy atom. The quantitative estimate of drug-likeness (QED) is 0.588. The van der Waals surface area contributed by atoms with Crippen molar-refractivity contribution in [2.75, 3.05) is 13.2 Å². The van der Waals surface area contributed by atoms with Crippen LogP contribution in [-0.4, -0.2) is 39.6 Å². The second-order valence-corrected chi connectivity index (χ2v) is 8.80. The number of carbonyl (C=O) groups is 1. The summed E-state index contributed by atoms with van der Waals surface area (Å²) in [5, 5.41) is 2.85. The number of rotatable bonds is 8. The Morgan fingerprint density at radius 1 is 1.19 bits per heavy atom. The highest BCUT2D eigenvalue weighted by atomic mass is 35.5. The van der Waals surface area contributed by atoms with Crippen LogP contribution in [0.25, 0.3) is 0 Å². The molecular formula is C18H30ClN3O4S. The van der Waals surface area contributed by atoms with Gasteiger partial charge in [-0.1, -0.05) is 24.3 Å². The van der Waals surface area contributed by atoms with E-state index >= 15 is 0 Å². The number of benzene rings is 1. The van der Waals surface area contributed by atoms with Crippen molar-refractivity contribution < 1.29 is 17.9 Å². The van der Waals surface area contributed by atoms with Crippen molar-refractivity contribution >= 4 is 28.3 Å². The van der Waals surface area contributed by atoms with Gasteiger partial charge in [0.2, 0.25) is 15.9 Å². The smallest absolute Gasteiger partial charge is 0.237 e. The molecule has 1 atom stereocenters. The summed E-state index contributed by atoms with van der Waals surface area (Å²) in [6.45, 7) is 5.25. The van der Waals surface area contributed by atoms with Gasteiger partial charge in [-0.3, -0.25) is 4.79 Å². The summed E-state index contributed by atoms with van der Waals surface area (Å²) in [5.41, 5.74) is 7.65. The predicted octanol–water partition coefficient (Wildman–Crippen LogP) is 1.31. The van der Waals surface area contributed by atoms with E-state index in [4.69, 9.17) is 10.5 Å². The minimum Gasteiger partial charge on any atom is -0.381 e. The zero-order valence-electron chi connectivity index (χ0n) is 15.8. The molecule has 1 fully saturated rings. The van der Waals surface area contributed by atoms with Crippen LogP contribution in [0.5, 0.6) is 0 Å². The Hall–Kier alpha value is -1.19. The van der Waals surface area contributed by atoms with Crippen molar-refractivity contribution in [3.05, 3.63) is 35.4 Å². The van der Waals surface area contributed by atoms with E-state index in [1.807, 2.05) is 12.1 Å². The second-order valence-electron chi connectivity index (χ2n) is 7.04. The van der Waals surface area contributed by atoms with Crippen molar-refractivity contribution in [1.29, 1.82) is 0 Å². The summed E-state index contributed by atoms with van der Waals surface area (Å²) in [4.78, 5) is 12.2. The SMILES string of the molecule is CC(C)NS(=O)(=O)Cc1ccc(CNC(=O)C(N)C2CCOCC2)cc1.Cl. The third-order valence-corrected chi connectivity index (χ3v) is 5.88. The fourth-order valence-electron chi connectivity index (χ4n) is 2.97. The Kier molecular flexibility index (Phi) is 9.69. The van der Waals surface area contributed by atoms with Crippen LogP contribution in [0.15, 0.2) is 24.3 Å². The minimum atomic E-state index is -3.34. The first kappa shape index (κ1) is 23.8. The maximum Gasteiger partial charge on any atom is 0.237 e. The summed E-state index contributed by atoms with van der Waals surface area (Å²) in [6, 6.07) is 6.51. The molecule has 4 N–H and O–H groups in total. The Labute approximate surface area is 167 Å². The lowest BCUT2D eigenvalue weighted by atomic mass is 9.92. The largest absolute Gasteiger partial charge is 0.381 e. The molecule has 1 unspecified atom stereocenters. The number of hydrogen-bond acceptors (Lipinski definition) is 5. The molecule has 0 aliphatic carbocycles. The van der Waals surface area contributed by atoms with Gasteiger partial charge in [-0.2, -0.15) is 0 Å². The van der Waals surface area contributed by atoms with Gasteiger partial charge in [0.05, 0.1) is 11.8 Å². The molecule has 0 bridgehead atoms. The van der Waals surface area contributed by atoms with Crippen molar-refractivity contribution in [2.45, 2.75) is 51.1 Å². The van der Waals surface area contributed by atoms with Crippen LogP contribution in [0.2, 0.25) is 0 Å². The number of carbonyl (C=O) groups excluding carboxylic acids is 1. The molecular weight excluding hydrogens is 390 g/mol. The van der Waals surface area contributed by atoms with E-state index in [9.17, 15) is 13.2 Å². The molecule has 1 saturated heterocycles. The first-order chi connectivity index (χ1) is 12.3. The second kappa shape index (κ2) is 11.0. The summed E-state index contributed by atoms with van der Waals surface area (Å²) >= 11 is 0. The monoisotopic (exact) mass is 419 g/mol. The van der Waals surface area contributed by atoms with Gasteiger partial charge in [-0.05, 0) is 43.7 Å². The number of halogens is 1. The van der Waals surface area contributed by atoms with Gasteiger partial charge in [0.25, 0.3) is 0 Å². The van der Waals surface area contributed by atoms with Gasteiger partial charge >= 0.3 is 0 Å². The first-order valence-electron chi connectivity index (χ1n) is 8.95. The molecule has 9 heteroatoms. The van der Waals surface area contributed by atoms with E-state index in [0.717, 1.165) is 18.4 Å². The summed E-state index contributed by atoms with van der Waals surface area (Å²) in [7, 11) is -3.34. The molecule has 0 saturated carbocycles. The minimum absolute atomic E-state index is 0. The molecule has 0 spiro atoms. The lowest BCUT2D eigenvalue weighted by Crippen LogP contribution is -2.46. The number of ether oxygens (including phenoxy) is 1. The van der Waals surface area contributed by atoms with Gasteiger partial charge in [0.15, 0.2) is 0 Å². The predicted molar refractivity (Wildman–Crippen MR) is 108 cm³/mol. The van der Waals surface area contributed by atoms with Crippen molar-refractivity contribution in [2.24, 2.45) is 11.7 Å². The van der Waals surface area contributed by atoms with Gasteiger partial charge in [-0.15, -0.1) is 12.4 Å². The summed E-state index contributed by atoms with van der Waals surface area (Å²) in [6.07, 6.45) is 1.62. The molecule has 154 valence electrons. The fraction of sp³-hybridized carbons (Fsp3) is 0.611. The Balaban J connectivity index is 0.00000364. The van der Waals surface area contributed by atoms with Crippen molar-refractivity contribution in [3.63, 3.8) is 0 Å². The van der Waals surface area contributed by atoms with E-state index in [0.29, 0.717) is 25.3 Å². The molecule has 1 aromatic carbocycles. The molecule has 7 nitrogen and oxygen atoms in total. The maximum absolute atomic E-state index is 12.2. The van der Waals surface area contributed by atoms with Gasteiger partial charge in [0.1, 0.15) is 0 Å². The third kappa shape index (κ3) is 8.15. The first-order valence-corrected chi connectivity index (χ1v) is 10.6. The number of nitrogens with two attached hydrogens (primary N) is 1. The van der Waals surface area contributed by atoms with E-state index in [-0.39, 0.29) is 36.0 Å². The van der Waals surface area contributed by atoms with Gasteiger partial charge in [-0.25, -0.2) is 13.1 Å². The fourth-order valence-corrected chi connectivity index (χ4v) is 4.40. The number of sulfonamides is 1. The lowest BCUT2D eigenvalue weighted by Gasteiger charge is -2.26. The third-order valence-electron chi connectivity index (χ3n) is 4.34. The van der Waals surface area contributed by atoms with Crippen LogP contribution in [0, 0.1) is 5.92 Å². The van der Waals surface area contributed by atoms with E-state index in [1.165, 1.54) is 0 Å². The standard InChI is InChI=1S/C18H29N3O4S.ClH/c1-13(2)21-26(23,24)12-15-5-3-14(4-6-15)11-20-18(22)17(19)16-7-9-25-10-8-16;/h3-6,13,16-17,21H,7-12,19H2,1-2H3,(H,20,22);1H. The number of amides is 1. The molecule has 1 heterocycles. The molecule has 0 radical (unpaired) electrons. The van der Waals surface area contributed by atoms with Crippen LogP contribution in [0.4, 0.5) is 0 Å². The number of hydrogen-bond donors (Lipinski definition) is 3. The number of nitrogens with one attached hydrogen (secondary N) is 2. The lowest BCUT2D eigenvalue weighted by molar-refractivity contribution is -0.124.